The van der Waals surface area contributed by atoms with E-state index >= 15 is 0 Å². The Morgan fingerprint density at radius 1 is 1.00 bits per heavy atom. The molecule has 194 valence electrons. The molecular weight excluding hydrogens is 507 g/mol. The molecule has 0 aliphatic heterocycles. The summed E-state index contributed by atoms with van der Waals surface area (Å²) in [6.45, 7) is 3.36. The normalized spacial score (nSPS) is 13.2. The number of aryl methyl sites for hydroxylation is 1. The van der Waals surface area contributed by atoms with Crippen molar-refractivity contribution in [2.45, 2.75) is 31.0 Å². The predicted octanol–water partition coefficient (Wildman–Crippen LogP) is 5.10. The average molecular weight is 532 g/mol. The highest BCUT2D eigenvalue weighted by molar-refractivity contribution is 7.89. The van der Waals surface area contributed by atoms with E-state index in [2.05, 4.69) is 0 Å². The Morgan fingerprint density at radius 3 is 2.19 bits per heavy atom. The number of aromatic nitrogens is 2. The van der Waals surface area contributed by atoms with Crippen LogP contribution in [0, 0.1) is 6.92 Å². The summed E-state index contributed by atoms with van der Waals surface area (Å²) in [6.07, 6.45) is -4.59. The van der Waals surface area contributed by atoms with Gasteiger partial charge in [-0.25, -0.2) is 13.4 Å². The molecular formula is C26H24F3N3O4S. The number of methoxy groups -OCH3 is 1. The van der Waals surface area contributed by atoms with Crippen LogP contribution in [-0.2, 0) is 16.2 Å². The largest absolute Gasteiger partial charge is 0.497 e. The first-order valence-electron chi connectivity index (χ1n) is 11.2. The summed E-state index contributed by atoms with van der Waals surface area (Å²) in [5.74, 6) is 0.716. The minimum absolute atomic E-state index is 0.148. The SMILES string of the molecule is COc1ccc(-n2c(C(C)N(C)S(=O)(=O)c3ccc(C(F)(F)F)cc3)nc3c(C)cccc3c2=O)cc1. The first kappa shape index (κ1) is 26.4. The van der Waals surface area contributed by atoms with E-state index in [9.17, 15) is 26.4 Å². The summed E-state index contributed by atoms with van der Waals surface area (Å²) in [5, 5.41) is 0.361. The Morgan fingerprint density at radius 2 is 1.62 bits per heavy atom. The maximum atomic E-state index is 13.7. The second kappa shape index (κ2) is 9.64. The number of alkyl halides is 3. The van der Waals surface area contributed by atoms with Gasteiger partial charge in [-0.1, -0.05) is 12.1 Å². The predicted molar refractivity (Wildman–Crippen MR) is 133 cm³/mol. The number of hydrogen-bond acceptors (Lipinski definition) is 5. The molecule has 0 saturated carbocycles. The zero-order valence-electron chi connectivity index (χ0n) is 20.4. The van der Waals surface area contributed by atoms with Gasteiger partial charge in [0, 0.05) is 7.05 Å². The molecule has 0 amide bonds. The second-order valence-electron chi connectivity index (χ2n) is 8.50. The molecule has 1 unspecified atom stereocenters. The van der Waals surface area contributed by atoms with Crippen LogP contribution in [0.2, 0.25) is 0 Å². The first-order valence-corrected chi connectivity index (χ1v) is 12.6. The number of ether oxygens (including phenoxy) is 1. The summed E-state index contributed by atoms with van der Waals surface area (Å²) in [6, 6.07) is 14.1. The molecule has 4 aromatic rings. The maximum Gasteiger partial charge on any atom is 0.416 e. The Kier molecular flexibility index (Phi) is 6.87. The molecule has 4 rings (SSSR count). The van der Waals surface area contributed by atoms with E-state index in [0.29, 0.717) is 22.3 Å². The molecule has 0 aliphatic rings. The van der Waals surface area contributed by atoms with Crippen LogP contribution in [0.25, 0.3) is 16.6 Å². The Hall–Kier alpha value is -3.70. The molecule has 0 radical (unpaired) electrons. The lowest BCUT2D eigenvalue weighted by Gasteiger charge is -2.27. The quantitative estimate of drug-likeness (QED) is 0.346. The molecule has 37 heavy (non-hydrogen) atoms. The number of para-hydroxylation sites is 1. The Balaban J connectivity index is 1.87. The van der Waals surface area contributed by atoms with Crippen LogP contribution >= 0.6 is 0 Å². The van der Waals surface area contributed by atoms with Crippen LogP contribution in [0.3, 0.4) is 0 Å². The van der Waals surface area contributed by atoms with Gasteiger partial charge in [-0.15, -0.1) is 0 Å². The fraction of sp³-hybridized carbons (Fsp3) is 0.231. The fourth-order valence-corrected chi connectivity index (χ4v) is 5.31. The van der Waals surface area contributed by atoms with Crippen LogP contribution in [0.15, 0.2) is 76.4 Å². The highest BCUT2D eigenvalue weighted by Crippen LogP contribution is 2.32. The number of rotatable bonds is 6. The number of fused-ring (bicyclic) bond motifs is 1. The molecule has 1 heterocycles. The van der Waals surface area contributed by atoms with Gasteiger partial charge in [-0.2, -0.15) is 17.5 Å². The van der Waals surface area contributed by atoms with Crippen molar-refractivity contribution in [2.75, 3.05) is 14.2 Å². The fourth-order valence-electron chi connectivity index (χ4n) is 3.98. The van der Waals surface area contributed by atoms with Gasteiger partial charge in [0.05, 0.1) is 40.2 Å². The van der Waals surface area contributed by atoms with Gasteiger partial charge < -0.3 is 4.74 Å². The van der Waals surface area contributed by atoms with Crippen molar-refractivity contribution in [3.05, 3.63) is 94.0 Å². The van der Waals surface area contributed by atoms with E-state index in [-0.39, 0.29) is 16.3 Å². The molecule has 7 nitrogen and oxygen atoms in total. The van der Waals surface area contributed by atoms with Crippen LogP contribution in [-0.4, -0.2) is 36.4 Å². The van der Waals surface area contributed by atoms with E-state index in [4.69, 9.17) is 9.72 Å². The van der Waals surface area contributed by atoms with Crippen molar-refractivity contribution in [1.82, 2.24) is 13.9 Å². The summed E-state index contributed by atoms with van der Waals surface area (Å²) in [5.41, 5.74) is 0.268. The van der Waals surface area contributed by atoms with Crippen LogP contribution in [0.4, 0.5) is 13.2 Å². The van der Waals surface area contributed by atoms with Crippen molar-refractivity contribution in [2.24, 2.45) is 0 Å². The molecule has 0 aliphatic carbocycles. The van der Waals surface area contributed by atoms with E-state index in [1.165, 1.54) is 18.7 Å². The van der Waals surface area contributed by atoms with Crippen LogP contribution in [0.1, 0.15) is 29.9 Å². The van der Waals surface area contributed by atoms with Gasteiger partial charge in [-0.05, 0) is 74.0 Å². The van der Waals surface area contributed by atoms with Gasteiger partial charge >= 0.3 is 6.18 Å². The molecule has 3 aromatic carbocycles. The van der Waals surface area contributed by atoms with Crippen molar-refractivity contribution >= 4 is 20.9 Å². The number of sulfonamides is 1. The molecule has 0 fully saturated rings. The summed E-state index contributed by atoms with van der Waals surface area (Å²) in [7, 11) is -1.44. The van der Waals surface area contributed by atoms with Gasteiger partial charge in [-0.3, -0.25) is 9.36 Å². The van der Waals surface area contributed by atoms with E-state index < -0.39 is 27.8 Å². The summed E-state index contributed by atoms with van der Waals surface area (Å²) < 4.78 is 73.2. The minimum Gasteiger partial charge on any atom is -0.497 e. The van der Waals surface area contributed by atoms with Crippen LogP contribution < -0.4 is 10.3 Å². The lowest BCUT2D eigenvalue weighted by Crippen LogP contribution is -2.35. The van der Waals surface area contributed by atoms with E-state index in [1.807, 2.05) is 0 Å². The van der Waals surface area contributed by atoms with Crippen molar-refractivity contribution in [1.29, 1.82) is 0 Å². The van der Waals surface area contributed by atoms with Crippen molar-refractivity contribution in [3.8, 4) is 11.4 Å². The summed E-state index contributed by atoms with van der Waals surface area (Å²) in [4.78, 5) is 18.0. The number of nitrogens with zero attached hydrogens (tertiary/aromatic N) is 3. The molecule has 0 bridgehead atoms. The molecule has 11 heteroatoms. The van der Waals surface area contributed by atoms with Gasteiger partial charge in [0.15, 0.2) is 0 Å². The zero-order chi connectivity index (χ0) is 27.1. The lowest BCUT2D eigenvalue weighted by atomic mass is 10.1. The molecule has 0 N–H and O–H groups in total. The lowest BCUT2D eigenvalue weighted by molar-refractivity contribution is -0.137. The molecule has 1 aromatic heterocycles. The topological polar surface area (TPSA) is 81.5 Å². The third-order valence-corrected chi connectivity index (χ3v) is 8.18. The average Bonchev–Trinajstić information content (AvgIpc) is 2.88. The minimum atomic E-state index is -4.59. The third kappa shape index (κ3) is 4.84. The first-order chi connectivity index (χ1) is 17.4. The zero-order valence-corrected chi connectivity index (χ0v) is 21.3. The van der Waals surface area contributed by atoms with Crippen LogP contribution in [0.5, 0.6) is 5.75 Å². The highest BCUT2D eigenvalue weighted by atomic mass is 32.2. The smallest absolute Gasteiger partial charge is 0.416 e. The second-order valence-corrected chi connectivity index (χ2v) is 10.5. The number of hydrogen-bond donors (Lipinski definition) is 0. The van der Waals surface area contributed by atoms with Crippen molar-refractivity contribution < 1.29 is 26.3 Å². The van der Waals surface area contributed by atoms with Gasteiger partial charge in [0.1, 0.15) is 11.6 Å². The summed E-state index contributed by atoms with van der Waals surface area (Å²) >= 11 is 0. The Bertz CT molecular complexity index is 1610. The number of benzene rings is 3. The molecule has 0 saturated heterocycles. The Labute approximate surface area is 211 Å². The van der Waals surface area contributed by atoms with E-state index in [1.54, 1.807) is 56.3 Å². The van der Waals surface area contributed by atoms with Gasteiger partial charge in [0.2, 0.25) is 10.0 Å². The standard InChI is InChI=1S/C26H24F3N3O4S/c1-16-6-5-7-22-23(16)30-24(32(25(22)33)19-10-12-20(36-4)13-11-19)17(2)31(3)37(34,35)21-14-8-18(9-15-21)26(27,28)29/h5-15,17H,1-4H3. The molecule has 0 spiro atoms. The monoisotopic (exact) mass is 531 g/mol. The number of halogens is 3. The third-order valence-electron chi connectivity index (χ3n) is 6.24. The maximum absolute atomic E-state index is 13.7. The van der Waals surface area contributed by atoms with Crippen molar-refractivity contribution in [3.63, 3.8) is 0 Å². The van der Waals surface area contributed by atoms with E-state index in [0.717, 1.165) is 34.1 Å². The highest BCUT2D eigenvalue weighted by Gasteiger charge is 2.33. The van der Waals surface area contributed by atoms with Gasteiger partial charge in [0.25, 0.3) is 5.56 Å². The molecule has 1 atom stereocenters.